The van der Waals surface area contributed by atoms with E-state index in [1.54, 1.807) is 0 Å². The van der Waals surface area contributed by atoms with E-state index in [1.165, 1.54) is 18.4 Å². The lowest BCUT2D eigenvalue weighted by atomic mass is 10.1. The maximum Gasteiger partial charge on any atom is 0.191 e. The number of fused-ring (bicyclic) bond motifs is 1. The highest BCUT2D eigenvalue weighted by Gasteiger charge is 2.27. The second-order valence-electron chi connectivity index (χ2n) is 7.78. The number of aromatic nitrogens is 3. The molecule has 0 amide bonds. The quantitative estimate of drug-likeness (QED) is 0.614. The normalized spacial score (nSPS) is 22.9. The van der Waals surface area contributed by atoms with Gasteiger partial charge in [-0.25, -0.2) is 9.67 Å². The minimum atomic E-state index is 0.171. The van der Waals surface area contributed by atoms with Gasteiger partial charge in [0.15, 0.2) is 5.96 Å². The minimum absolute atomic E-state index is 0.171. The third kappa shape index (κ3) is 4.35. The number of hydrogen-bond donors (Lipinski definition) is 2. The Morgan fingerprint density at radius 1 is 1.18 bits per heavy atom. The van der Waals surface area contributed by atoms with E-state index < -0.39 is 0 Å². The zero-order valence-electron chi connectivity index (χ0n) is 16.9. The summed E-state index contributed by atoms with van der Waals surface area (Å²) >= 11 is 0. The van der Waals surface area contributed by atoms with Gasteiger partial charge in [0.1, 0.15) is 11.6 Å². The fourth-order valence-electron chi connectivity index (χ4n) is 4.33. The van der Waals surface area contributed by atoms with Crippen LogP contribution in [0.15, 0.2) is 35.3 Å². The molecule has 2 atom stereocenters. The van der Waals surface area contributed by atoms with Crippen LogP contribution in [0.4, 0.5) is 0 Å². The van der Waals surface area contributed by atoms with Crippen molar-refractivity contribution in [3.05, 3.63) is 47.5 Å². The summed E-state index contributed by atoms with van der Waals surface area (Å²) in [6.45, 7) is 6.00. The first-order valence-electron chi connectivity index (χ1n) is 10.4. The molecule has 4 rings (SSSR count). The lowest BCUT2D eigenvalue weighted by molar-refractivity contribution is 0.245. The molecule has 150 valence electrons. The van der Waals surface area contributed by atoms with Crippen molar-refractivity contribution >= 4 is 5.96 Å². The maximum absolute atomic E-state index is 4.61. The molecular formula is C21H31N7. The van der Waals surface area contributed by atoms with Crippen molar-refractivity contribution in [3.8, 4) is 0 Å². The van der Waals surface area contributed by atoms with Crippen LogP contribution < -0.4 is 10.6 Å². The minimum Gasteiger partial charge on any atom is -0.355 e. The Morgan fingerprint density at radius 3 is 2.82 bits per heavy atom. The van der Waals surface area contributed by atoms with Crippen molar-refractivity contribution in [1.82, 2.24) is 30.3 Å². The Morgan fingerprint density at radius 2 is 2.00 bits per heavy atom. The van der Waals surface area contributed by atoms with Crippen LogP contribution in [0.2, 0.25) is 0 Å². The lowest BCUT2D eigenvalue weighted by Gasteiger charge is -2.28. The molecule has 2 unspecified atom stereocenters. The number of rotatable bonds is 5. The molecule has 2 N–H and O–H groups in total. The molecule has 0 saturated carbocycles. The Balaban J connectivity index is 1.33. The van der Waals surface area contributed by atoms with Gasteiger partial charge in [0.25, 0.3) is 0 Å². The van der Waals surface area contributed by atoms with Crippen molar-refractivity contribution in [2.45, 2.75) is 57.8 Å². The number of nitrogens with zero attached hydrogens (tertiary/aromatic N) is 5. The Kier molecular flexibility index (Phi) is 5.90. The molecular weight excluding hydrogens is 350 g/mol. The van der Waals surface area contributed by atoms with Gasteiger partial charge in [0.2, 0.25) is 0 Å². The molecule has 0 bridgehead atoms. The molecule has 1 aromatic heterocycles. The molecule has 2 aliphatic heterocycles. The average molecular weight is 382 g/mol. The summed E-state index contributed by atoms with van der Waals surface area (Å²) in [5.41, 5.74) is 1.38. The molecule has 0 spiro atoms. The van der Waals surface area contributed by atoms with Gasteiger partial charge in [-0.05, 0) is 44.7 Å². The second-order valence-corrected chi connectivity index (χ2v) is 7.78. The summed E-state index contributed by atoms with van der Waals surface area (Å²) in [4.78, 5) is 11.6. The first-order valence-corrected chi connectivity index (χ1v) is 10.4. The van der Waals surface area contributed by atoms with Gasteiger partial charge in [-0.15, -0.1) is 0 Å². The number of likely N-dealkylation sites (tertiary alicyclic amines) is 1. The number of benzene rings is 1. The van der Waals surface area contributed by atoms with Gasteiger partial charge >= 0.3 is 0 Å². The number of aryl methyl sites for hydroxylation is 2. The summed E-state index contributed by atoms with van der Waals surface area (Å²) in [5.74, 6) is 2.72. The largest absolute Gasteiger partial charge is 0.355 e. The van der Waals surface area contributed by atoms with Crippen LogP contribution in [-0.2, 0) is 13.1 Å². The van der Waals surface area contributed by atoms with E-state index in [0.717, 1.165) is 56.6 Å². The third-order valence-electron chi connectivity index (χ3n) is 5.75. The van der Waals surface area contributed by atoms with Crippen molar-refractivity contribution in [3.63, 3.8) is 0 Å². The summed E-state index contributed by atoms with van der Waals surface area (Å²) in [7, 11) is 1.84. The molecule has 7 heteroatoms. The Hall–Kier alpha value is -2.41. The first kappa shape index (κ1) is 18.9. The average Bonchev–Trinajstić information content (AvgIpc) is 3.31. The highest BCUT2D eigenvalue weighted by atomic mass is 15.4. The summed E-state index contributed by atoms with van der Waals surface area (Å²) in [5, 5.41) is 11.6. The van der Waals surface area contributed by atoms with E-state index in [0.29, 0.717) is 6.04 Å². The topological polar surface area (TPSA) is 70.4 Å². The smallest absolute Gasteiger partial charge is 0.191 e. The van der Waals surface area contributed by atoms with E-state index in [9.17, 15) is 0 Å². The van der Waals surface area contributed by atoms with Gasteiger partial charge < -0.3 is 10.6 Å². The van der Waals surface area contributed by atoms with E-state index >= 15 is 0 Å². The van der Waals surface area contributed by atoms with Crippen LogP contribution in [0.25, 0.3) is 0 Å². The molecule has 28 heavy (non-hydrogen) atoms. The first-order chi connectivity index (χ1) is 13.7. The zero-order valence-corrected chi connectivity index (χ0v) is 16.9. The second kappa shape index (κ2) is 8.73. The van der Waals surface area contributed by atoms with Crippen molar-refractivity contribution in [2.24, 2.45) is 4.99 Å². The summed E-state index contributed by atoms with van der Waals surface area (Å²) < 4.78 is 2.03. The van der Waals surface area contributed by atoms with Crippen molar-refractivity contribution < 1.29 is 0 Å². The Bertz CT molecular complexity index is 798. The van der Waals surface area contributed by atoms with Crippen LogP contribution >= 0.6 is 0 Å². The molecule has 0 aliphatic carbocycles. The Labute approximate surface area is 167 Å². The summed E-state index contributed by atoms with van der Waals surface area (Å²) in [6.07, 6.45) is 4.66. The highest BCUT2D eigenvalue weighted by Crippen LogP contribution is 2.23. The SMILES string of the molecule is CN=C(NCC1CCCN1Cc1ccccc1)NC1CCCn2nc(C)nc21. The van der Waals surface area contributed by atoms with Crippen molar-refractivity contribution in [1.29, 1.82) is 0 Å². The number of guanidine groups is 1. The fraction of sp³-hybridized carbons (Fsp3) is 0.571. The van der Waals surface area contributed by atoms with E-state index in [4.69, 9.17) is 0 Å². The van der Waals surface area contributed by atoms with Gasteiger partial charge in [-0.3, -0.25) is 9.89 Å². The van der Waals surface area contributed by atoms with Crippen molar-refractivity contribution in [2.75, 3.05) is 20.1 Å². The number of nitrogens with one attached hydrogen (secondary N) is 2. The molecule has 3 heterocycles. The third-order valence-corrected chi connectivity index (χ3v) is 5.75. The van der Waals surface area contributed by atoms with Crippen LogP contribution in [-0.4, -0.2) is 51.8 Å². The molecule has 0 radical (unpaired) electrons. The van der Waals surface area contributed by atoms with Gasteiger partial charge in [-0.2, -0.15) is 5.10 Å². The van der Waals surface area contributed by atoms with Crippen LogP contribution in [0.5, 0.6) is 0 Å². The van der Waals surface area contributed by atoms with Crippen LogP contribution in [0.1, 0.15) is 48.9 Å². The lowest BCUT2D eigenvalue weighted by Crippen LogP contribution is -2.46. The van der Waals surface area contributed by atoms with Crippen LogP contribution in [0, 0.1) is 6.92 Å². The fourth-order valence-corrected chi connectivity index (χ4v) is 4.33. The number of hydrogen-bond acceptors (Lipinski definition) is 4. The standard InChI is InChI=1S/C21H31N7/c1-16-24-20-19(11-7-13-28(20)26-16)25-21(22-2)23-14-18-10-6-12-27(18)15-17-8-4-3-5-9-17/h3-5,8-9,18-19H,6-7,10-15H2,1-2H3,(H2,22,23,25). The van der Waals surface area contributed by atoms with Gasteiger partial charge in [0, 0.05) is 32.7 Å². The molecule has 7 nitrogen and oxygen atoms in total. The van der Waals surface area contributed by atoms with Gasteiger partial charge in [0.05, 0.1) is 6.04 Å². The van der Waals surface area contributed by atoms with E-state index in [2.05, 4.69) is 60.9 Å². The predicted molar refractivity (Wildman–Crippen MR) is 111 cm³/mol. The number of aliphatic imine (C=N–C) groups is 1. The monoisotopic (exact) mass is 381 g/mol. The highest BCUT2D eigenvalue weighted by molar-refractivity contribution is 5.80. The molecule has 1 fully saturated rings. The summed E-state index contributed by atoms with van der Waals surface area (Å²) in [6, 6.07) is 11.5. The predicted octanol–water partition coefficient (Wildman–Crippen LogP) is 2.25. The molecule has 2 aliphatic rings. The van der Waals surface area contributed by atoms with E-state index in [-0.39, 0.29) is 6.04 Å². The van der Waals surface area contributed by atoms with E-state index in [1.807, 2.05) is 18.7 Å². The zero-order chi connectivity index (χ0) is 19.3. The van der Waals surface area contributed by atoms with Crippen LogP contribution in [0.3, 0.4) is 0 Å². The van der Waals surface area contributed by atoms with Gasteiger partial charge in [-0.1, -0.05) is 30.3 Å². The molecule has 1 aromatic carbocycles. The maximum atomic E-state index is 4.61. The molecule has 1 saturated heterocycles. The molecule has 2 aromatic rings.